The molecule has 0 aliphatic heterocycles. The van der Waals surface area contributed by atoms with E-state index >= 15 is 0 Å². The smallest absolute Gasteiger partial charge is 0.227 e. The Morgan fingerprint density at radius 1 is 1.14 bits per heavy atom. The molecular weight excluding hydrogens is 288 g/mol. The molecule has 2 N–H and O–H groups in total. The van der Waals surface area contributed by atoms with Gasteiger partial charge in [-0.15, -0.1) is 0 Å². The number of rotatable bonds is 5. The van der Waals surface area contributed by atoms with Crippen LogP contribution in [0.3, 0.4) is 0 Å². The number of hydrogen-bond acceptors (Lipinski definition) is 6. The first-order chi connectivity index (χ1) is 10.6. The van der Waals surface area contributed by atoms with Gasteiger partial charge in [-0.05, 0) is 23.8 Å². The third kappa shape index (κ3) is 3.29. The van der Waals surface area contributed by atoms with E-state index in [-0.39, 0.29) is 11.5 Å². The van der Waals surface area contributed by atoms with Crippen molar-refractivity contribution in [3.63, 3.8) is 0 Å². The number of aliphatic hydroxyl groups is 1. The van der Waals surface area contributed by atoms with Crippen LogP contribution in [-0.2, 0) is 6.61 Å². The predicted molar refractivity (Wildman–Crippen MR) is 81.0 cm³/mol. The Morgan fingerprint density at radius 3 is 2.50 bits per heavy atom. The van der Waals surface area contributed by atoms with Crippen molar-refractivity contribution in [2.45, 2.75) is 6.61 Å². The summed E-state index contributed by atoms with van der Waals surface area (Å²) < 4.78 is 15.6. The molecule has 0 radical (unpaired) electrons. The van der Waals surface area contributed by atoms with Gasteiger partial charge in [0.25, 0.3) is 0 Å². The van der Waals surface area contributed by atoms with E-state index in [2.05, 4.69) is 0 Å². The highest BCUT2D eigenvalue weighted by atomic mass is 16.5. The van der Waals surface area contributed by atoms with Crippen LogP contribution in [0.5, 0.6) is 17.2 Å². The molecule has 116 valence electrons. The Bertz CT molecular complexity index is 745. The topological polar surface area (TPSA) is 89.1 Å². The van der Waals surface area contributed by atoms with Gasteiger partial charge in [0.2, 0.25) is 11.2 Å². The zero-order valence-electron chi connectivity index (χ0n) is 12.2. The van der Waals surface area contributed by atoms with Gasteiger partial charge in [-0.1, -0.05) is 12.1 Å². The summed E-state index contributed by atoms with van der Waals surface area (Å²) in [5.74, 6) is 0.700. The second kappa shape index (κ2) is 6.82. The van der Waals surface area contributed by atoms with E-state index in [1.807, 2.05) is 0 Å². The lowest BCUT2D eigenvalue weighted by Crippen LogP contribution is -2.02. The minimum absolute atomic E-state index is 0.0219. The summed E-state index contributed by atoms with van der Waals surface area (Å²) in [6, 6.07) is 6.30. The normalized spacial score (nSPS) is 10.9. The van der Waals surface area contributed by atoms with Gasteiger partial charge in [0.15, 0.2) is 17.3 Å². The van der Waals surface area contributed by atoms with Gasteiger partial charge in [-0.3, -0.25) is 4.79 Å². The highest BCUT2D eigenvalue weighted by Gasteiger charge is 2.08. The SMILES string of the molecule is COc1ccc(/C=C/c2oc(CO)cc(=O)c2O)cc1OC. The summed E-state index contributed by atoms with van der Waals surface area (Å²) in [5.41, 5.74) is 0.149. The summed E-state index contributed by atoms with van der Waals surface area (Å²) in [7, 11) is 3.07. The van der Waals surface area contributed by atoms with Gasteiger partial charge in [0.1, 0.15) is 12.4 Å². The van der Waals surface area contributed by atoms with E-state index in [4.69, 9.17) is 19.0 Å². The molecule has 0 spiro atoms. The van der Waals surface area contributed by atoms with E-state index in [1.54, 1.807) is 31.4 Å². The van der Waals surface area contributed by atoms with E-state index in [0.717, 1.165) is 11.6 Å². The summed E-state index contributed by atoms with van der Waals surface area (Å²) in [6.07, 6.45) is 3.08. The van der Waals surface area contributed by atoms with Crippen LogP contribution in [0, 0.1) is 0 Å². The molecule has 22 heavy (non-hydrogen) atoms. The second-order valence-electron chi connectivity index (χ2n) is 4.40. The average molecular weight is 304 g/mol. The monoisotopic (exact) mass is 304 g/mol. The van der Waals surface area contributed by atoms with Crippen LogP contribution in [0.25, 0.3) is 12.2 Å². The van der Waals surface area contributed by atoms with E-state index in [1.165, 1.54) is 13.2 Å². The van der Waals surface area contributed by atoms with Crippen molar-refractivity contribution in [1.82, 2.24) is 0 Å². The van der Waals surface area contributed by atoms with Gasteiger partial charge in [0.05, 0.1) is 14.2 Å². The number of methoxy groups -OCH3 is 2. The highest BCUT2D eigenvalue weighted by molar-refractivity contribution is 5.71. The van der Waals surface area contributed by atoms with Crippen LogP contribution in [0.15, 0.2) is 33.5 Å². The fourth-order valence-corrected chi connectivity index (χ4v) is 1.87. The fourth-order valence-electron chi connectivity index (χ4n) is 1.87. The lowest BCUT2D eigenvalue weighted by atomic mass is 10.1. The first-order valence-electron chi connectivity index (χ1n) is 6.46. The largest absolute Gasteiger partial charge is 0.502 e. The Hall–Kier alpha value is -2.73. The predicted octanol–water partition coefficient (Wildman–Crippen LogP) is 2.03. The van der Waals surface area contributed by atoms with Gasteiger partial charge >= 0.3 is 0 Å². The second-order valence-corrected chi connectivity index (χ2v) is 4.40. The molecule has 1 aromatic heterocycles. The maximum absolute atomic E-state index is 11.5. The van der Waals surface area contributed by atoms with E-state index in [9.17, 15) is 9.90 Å². The average Bonchev–Trinajstić information content (AvgIpc) is 2.55. The van der Waals surface area contributed by atoms with Gasteiger partial charge in [-0.25, -0.2) is 0 Å². The van der Waals surface area contributed by atoms with Crippen LogP contribution in [0.1, 0.15) is 17.1 Å². The Kier molecular flexibility index (Phi) is 4.85. The van der Waals surface area contributed by atoms with Crippen molar-refractivity contribution < 1.29 is 24.1 Å². The van der Waals surface area contributed by atoms with Gasteiger partial charge < -0.3 is 24.1 Å². The first kappa shape index (κ1) is 15.7. The van der Waals surface area contributed by atoms with Crippen LogP contribution >= 0.6 is 0 Å². The molecule has 1 aromatic carbocycles. The zero-order chi connectivity index (χ0) is 16.1. The lowest BCUT2D eigenvalue weighted by molar-refractivity contribution is 0.240. The molecule has 1 heterocycles. The summed E-state index contributed by atoms with van der Waals surface area (Å²) in [4.78, 5) is 11.5. The molecule has 0 aliphatic rings. The van der Waals surface area contributed by atoms with Crippen molar-refractivity contribution in [3.8, 4) is 17.2 Å². The molecule has 2 rings (SSSR count). The number of aromatic hydroxyl groups is 1. The lowest BCUT2D eigenvalue weighted by Gasteiger charge is -2.07. The number of ether oxygens (including phenoxy) is 2. The van der Waals surface area contributed by atoms with Crippen LogP contribution in [0.2, 0.25) is 0 Å². The van der Waals surface area contributed by atoms with Crippen molar-refractivity contribution in [2.24, 2.45) is 0 Å². The molecule has 0 amide bonds. The third-order valence-corrected chi connectivity index (χ3v) is 2.99. The van der Waals surface area contributed by atoms with Crippen molar-refractivity contribution in [1.29, 1.82) is 0 Å². The Morgan fingerprint density at radius 2 is 1.86 bits per heavy atom. The quantitative estimate of drug-likeness (QED) is 0.878. The molecule has 0 atom stereocenters. The molecule has 0 unspecified atom stereocenters. The van der Waals surface area contributed by atoms with Crippen molar-refractivity contribution >= 4 is 12.2 Å². The summed E-state index contributed by atoms with van der Waals surface area (Å²) in [5, 5.41) is 18.7. The number of aliphatic hydroxyl groups excluding tert-OH is 1. The molecule has 0 saturated carbocycles. The van der Waals surface area contributed by atoms with Crippen LogP contribution in [0.4, 0.5) is 0 Å². The fraction of sp³-hybridized carbons (Fsp3) is 0.188. The highest BCUT2D eigenvalue weighted by Crippen LogP contribution is 2.28. The molecule has 2 aromatic rings. The maximum Gasteiger partial charge on any atom is 0.227 e. The van der Waals surface area contributed by atoms with Crippen molar-refractivity contribution in [3.05, 3.63) is 51.6 Å². The van der Waals surface area contributed by atoms with E-state index < -0.39 is 17.8 Å². The van der Waals surface area contributed by atoms with Gasteiger partial charge in [0, 0.05) is 6.07 Å². The third-order valence-electron chi connectivity index (χ3n) is 2.99. The summed E-state index contributed by atoms with van der Waals surface area (Å²) in [6.45, 7) is -0.424. The molecule has 6 nitrogen and oxygen atoms in total. The molecule has 0 saturated heterocycles. The van der Waals surface area contributed by atoms with Crippen LogP contribution < -0.4 is 14.9 Å². The summed E-state index contributed by atoms with van der Waals surface area (Å²) >= 11 is 0. The minimum atomic E-state index is -0.609. The number of hydrogen-bond donors (Lipinski definition) is 2. The zero-order valence-corrected chi connectivity index (χ0v) is 12.2. The first-order valence-corrected chi connectivity index (χ1v) is 6.46. The van der Waals surface area contributed by atoms with Gasteiger partial charge in [-0.2, -0.15) is 0 Å². The Labute approximate surface area is 126 Å². The minimum Gasteiger partial charge on any atom is -0.502 e. The molecular formula is C16H16O6. The van der Waals surface area contributed by atoms with E-state index in [0.29, 0.717) is 11.5 Å². The Balaban J connectivity index is 2.36. The number of benzene rings is 1. The standard InChI is InChI=1S/C16H16O6/c1-20-13-5-3-10(7-15(13)21-2)4-6-14-16(19)12(18)8-11(9-17)22-14/h3-8,17,19H,9H2,1-2H3/b6-4+. The van der Waals surface area contributed by atoms with Crippen LogP contribution in [-0.4, -0.2) is 24.4 Å². The van der Waals surface area contributed by atoms with Crippen molar-refractivity contribution in [2.75, 3.05) is 14.2 Å². The molecule has 0 bridgehead atoms. The molecule has 6 heteroatoms. The molecule has 0 aliphatic carbocycles. The molecule has 0 fully saturated rings. The maximum atomic E-state index is 11.5.